The molecule has 5 atom stereocenters. The van der Waals surface area contributed by atoms with Gasteiger partial charge >= 0.3 is 5.97 Å². The van der Waals surface area contributed by atoms with Gasteiger partial charge in [-0.25, -0.2) is 27.5 Å². The van der Waals surface area contributed by atoms with Gasteiger partial charge in [0.25, 0.3) is 0 Å². The van der Waals surface area contributed by atoms with E-state index in [-0.39, 0.29) is 41.3 Å². The fourth-order valence-electron chi connectivity index (χ4n) is 7.03. The van der Waals surface area contributed by atoms with Crippen LogP contribution >= 0.6 is 0 Å². The molecule has 1 unspecified atom stereocenters. The number of fused-ring (bicyclic) bond motifs is 4. The molecule has 1 spiro atoms. The summed E-state index contributed by atoms with van der Waals surface area (Å²) < 4.78 is 52.3. The molecule has 51 heavy (non-hydrogen) atoms. The summed E-state index contributed by atoms with van der Waals surface area (Å²) in [6.07, 6.45) is -0.382. The van der Waals surface area contributed by atoms with Crippen LogP contribution in [-0.4, -0.2) is 73.0 Å². The zero-order valence-corrected chi connectivity index (χ0v) is 29.5. The summed E-state index contributed by atoms with van der Waals surface area (Å²) in [6, 6.07) is 10.1. The van der Waals surface area contributed by atoms with E-state index in [9.17, 15) is 27.9 Å². The Bertz CT molecular complexity index is 2180. The molecule has 0 saturated carbocycles. The van der Waals surface area contributed by atoms with Gasteiger partial charge in [-0.1, -0.05) is 58.0 Å². The number of esters is 1. The summed E-state index contributed by atoms with van der Waals surface area (Å²) >= 11 is 0. The van der Waals surface area contributed by atoms with Crippen LogP contribution in [0.1, 0.15) is 72.6 Å². The van der Waals surface area contributed by atoms with Crippen molar-refractivity contribution in [2.75, 3.05) is 17.7 Å². The van der Waals surface area contributed by atoms with Crippen LogP contribution in [-0.2, 0) is 36.2 Å². The summed E-state index contributed by atoms with van der Waals surface area (Å²) in [6.45, 7) is 7.06. The molecule has 3 N–H and O–H groups in total. The van der Waals surface area contributed by atoms with Crippen LogP contribution in [0, 0.1) is 11.8 Å². The van der Waals surface area contributed by atoms with Gasteiger partial charge in [0.2, 0.25) is 39.8 Å². The number of hydrogen-bond acceptors (Lipinski definition) is 12. The number of aliphatic hydroxyl groups is 1. The Hall–Kier alpha value is -5.22. The van der Waals surface area contributed by atoms with Crippen molar-refractivity contribution in [2.24, 2.45) is 11.8 Å². The SMILES string of the molecule is COC(=O)c1coc(-c2nc3oc2C24c5cc(ccc5O[C@H]2N(S(C)(=O)=O)c2ccccc24)C[C@H](NC(=O)[C@@H](O)C(C)C)C(=O)N[C@H]3C(C)C)n1. The lowest BCUT2D eigenvalue weighted by Crippen LogP contribution is -2.52. The van der Waals surface area contributed by atoms with E-state index in [4.69, 9.17) is 23.3 Å². The number of benzene rings is 2. The number of rotatable bonds is 7. The molecule has 4 bridgehead atoms. The van der Waals surface area contributed by atoms with Crippen molar-refractivity contribution < 1.29 is 46.2 Å². The second kappa shape index (κ2) is 12.2. The maximum Gasteiger partial charge on any atom is 0.360 e. The van der Waals surface area contributed by atoms with Gasteiger partial charge in [-0.15, -0.1) is 0 Å². The minimum Gasteiger partial charge on any atom is -0.467 e. The minimum atomic E-state index is -3.98. The van der Waals surface area contributed by atoms with E-state index in [1.807, 2.05) is 13.8 Å². The Balaban J connectivity index is 1.53. The number of nitrogens with one attached hydrogen (secondary N) is 2. The molecule has 2 aromatic heterocycles. The third kappa shape index (κ3) is 5.35. The summed E-state index contributed by atoms with van der Waals surface area (Å²) in [5.74, 6) is -2.38. The van der Waals surface area contributed by atoms with E-state index in [0.29, 0.717) is 28.1 Å². The minimum absolute atomic E-state index is 0.0140. The number of ether oxygens (including phenoxy) is 2. The number of nitrogens with zero attached hydrogens (tertiary/aromatic N) is 3. The molecule has 3 aliphatic heterocycles. The molecular weight excluding hydrogens is 682 g/mol. The number of aromatic nitrogens is 2. The average molecular weight is 720 g/mol. The molecule has 2 amide bonds. The quantitative estimate of drug-likeness (QED) is 0.236. The highest BCUT2D eigenvalue weighted by atomic mass is 32.2. The lowest BCUT2D eigenvalue weighted by atomic mass is 9.72. The van der Waals surface area contributed by atoms with Crippen LogP contribution < -0.4 is 19.7 Å². The standard InChI is InChI=1S/C35H37N5O10S/c1-16(2)25-32-39-26(31-37-22(15-48-31)33(44)47-5)28(50-32)35-19-9-7-8-10-23(19)40(51(6,45)46)34(35)49-24-12-11-18(13-20(24)35)14-21(29(42)38-25)36-30(43)27(41)17(3)4/h7-13,15-17,21,25,27,34,41H,14H2,1-6H3,(H,36,43)(H,38,42)/t21-,25-,27-,34+,35?/m0/s1. The Morgan fingerprint density at radius 1 is 1.12 bits per heavy atom. The van der Waals surface area contributed by atoms with Gasteiger partial charge in [-0.3, -0.25) is 9.59 Å². The molecule has 0 radical (unpaired) electrons. The molecule has 7 rings (SSSR count). The van der Waals surface area contributed by atoms with Crippen molar-refractivity contribution in [3.63, 3.8) is 0 Å². The van der Waals surface area contributed by atoms with Crippen LogP contribution in [0.15, 0.2) is 57.6 Å². The highest BCUT2D eigenvalue weighted by Gasteiger charge is 2.65. The highest BCUT2D eigenvalue weighted by molar-refractivity contribution is 7.92. The van der Waals surface area contributed by atoms with Gasteiger partial charge in [0.1, 0.15) is 35.6 Å². The summed E-state index contributed by atoms with van der Waals surface area (Å²) in [4.78, 5) is 48.8. The van der Waals surface area contributed by atoms with E-state index >= 15 is 0 Å². The molecule has 268 valence electrons. The summed E-state index contributed by atoms with van der Waals surface area (Å²) in [5.41, 5.74) is 0.360. The van der Waals surface area contributed by atoms with Crippen molar-refractivity contribution in [2.45, 2.75) is 63.9 Å². The monoisotopic (exact) mass is 719 g/mol. The first kappa shape index (κ1) is 34.2. The van der Waals surface area contributed by atoms with Crippen LogP contribution in [0.5, 0.6) is 5.75 Å². The molecule has 5 heterocycles. The lowest BCUT2D eigenvalue weighted by Gasteiger charge is -2.31. The number of aliphatic hydroxyl groups excluding tert-OH is 1. The van der Waals surface area contributed by atoms with Gasteiger partial charge in [-0.05, 0) is 29.5 Å². The smallest absolute Gasteiger partial charge is 0.360 e. The lowest BCUT2D eigenvalue weighted by molar-refractivity contribution is -0.135. The van der Waals surface area contributed by atoms with Gasteiger partial charge in [0.15, 0.2) is 17.1 Å². The number of sulfonamides is 1. The van der Waals surface area contributed by atoms with E-state index in [1.165, 1.54) is 11.4 Å². The first-order valence-electron chi connectivity index (χ1n) is 16.4. The Morgan fingerprint density at radius 2 is 1.86 bits per heavy atom. The maximum atomic E-state index is 14.0. The van der Waals surface area contributed by atoms with Crippen molar-refractivity contribution in [3.05, 3.63) is 82.8 Å². The number of carbonyl (C=O) groups is 3. The van der Waals surface area contributed by atoms with Gasteiger partial charge in [-0.2, -0.15) is 0 Å². The highest BCUT2D eigenvalue weighted by Crippen LogP contribution is 2.62. The van der Waals surface area contributed by atoms with Crippen molar-refractivity contribution >= 4 is 33.5 Å². The summed E-state index contributed by atoms with van der Waals surface area (Å²) in [5, 5.41) is 16.2. The molecule has 0 saturated heterocycles. The van der Waals surface area contributed by atoms with Gasteiger partial charge in [0, 0.05) is 17.5 Å². The van der Waals surface area contributed by atoms with Crippen LogP contribution in [0.3, 0.4) is 0 Å². The predicted octanol–water partition coefficient (Wildman–Crippen LogP) is 2.82. The largest absolute Gasteiger partial charge is 0.467 e. The van der Waals surface area contributed by atoms with Crippen LogP contribution in [0.2, 0.25) is 0 Å². The maximum absolute atomic E-state index is 14.0. The molecule has 3 aliphatic rings. The number of para-hydroxylation sites is 1. The molecule has 16 heteroatoms. The average Bonchev–Trinajstić information content (AvgIpc) is 3.85. The number of oxazole rings is 2. The fraction of sp³-hybridized carbons (Fsp3) is 0.400. The Morgan fingerprint density at radius 3 is 2.55 bits per heavy atom. The van der Waals surface area contributed by atoms with E-state index in [1.54, 1.807) is 56.3 Å². The molecular formula is C35H37N5O10S. The third-order valence-corrected chi connectivity index (χ3v) is 10.6. The Labute approximate surface area is 293 Å². The molecule has 4 aromatic rings. The van der Waals surface area contributed by atoms with Crippen molar-refractivity contribution in [1.82, 2.24) is 20.6 Å². The van der Waals surface area contributed by atoms with Gasteiger partial charge < -0.3 is 34.0 Å². The van der Waals surface area contributed by atoms with Crippen LogP contribution in [0.4, 0.5) is 5.69 Å². The van der Waals surface area contributed by atoms with E-state index in [2.05, 4.69) is 15.6 Å². The molecule has 0 aliphatic carbocycles. The second-order valence-corrected chi connectivity index (χ2v) is 15.5. The Kier molecular flexibility index (Phi) is 8.21. The zero-order valence-electron chi connectivity index (χ0n) is 28.7. The first-order chi connectivity index (χ1) is 24.2. The van der Waals surface area contributed by atoms with E-state index < -0.39 is 63.6 Å². The molecule has 2 aromatic carbocycles. The number of hydrogen-bond donors (Lipinski definition) is 3. The normalized spacial score (nSPS) is 22.7. The number of anilines is 1. The topological polar surface area (TPSA) is 203 Å². The third-order valence-electron chi connectivity index (χ3n) is 9.52. The number of amides is 2. The second-order valence-electron chi connectivity index (χ2n) is 13.6. The van der Waals surface area contributed by atoms with Crippen LogP contribution in [0.25, 0.3) is 11.6 Å². The fourth-order valence-corrected chi connectivity index (χ4v) is 8.09. The predicted molar refractivity (Wildman–Crippen MR) is 180 cm³/mol. The first-order valence-corrected chi connectivity index (χ1v) is 18.2. The molecule has 0 fully saturated rings. The van der Waals surface area contributed by atoms with E-state index in [0.717, 1.165) is 12.5 Å². The number of carbonyl (C=O) groups excluding carboxylic acids is 3. The molecule has 15 nitrogen and oxygen atoms in total. The van der Waals surface area contributed by atoms with Crippen molar-refractivity contribution in [1.29, 1.82) is 0 Å². The number of methoxy groups -OCH3 is 1. The summed E-state index contributed by atoms with van der Waals surface area (Å²) in [7, 11) is -2.78. The van der Waals surface area contributed by atoms with Gasteiger partial charge in [0.05, 0.1) is 19.1 Å². The van der Waals surface area contributed by atoms with Crippen molar-refractivity contribution in [3.8, 4) is 17.3 Å². The zero-order chi connectivity index (χ0) is 36.6.